The van der Waals surface area contributed by atoms with Gasteiger partial charge in [0.15, 0.2) is 0 Å². The molecule has 0 bridgehead atoms. The third-order valence-electron chi connectivity index (χ3n) is 4.47. The molecule has 132 valence electrons. The van der Waals surface area contributed by atoms with Crippen LogP contribution < -0.4 is 15.8 Å². The molecule has 0 spiro atoms. The zero-order chi connectivity index (χ0) is 17.4. The van der Waals surface area contributed by atoms with Crippen LogP contribution >= 0.6 is 0 Å². The number of hydrogen-bond donors (Lipinski definition) is 2. The Kier molecular flexibility index (Phi) is 7.06. The molecule has 2 rings (SSSR count). The first-order valence-electron chi connectivity index (χ1n) is 8.55. The maximum atomic E-state index is 12.2. The van der Waals surface area contributed by atoms with Gasteiger partial charge >= 0.3 is 0 Å². The Bertz CT molecular complexity index is 554. The summed E-state index contributed by atoms with van der Waals surface area (Å²) in [6.07, 6.45) is 3.68. The van der Waals surface area contributed by atoms with Gasteiger partial charge in [0.25, 0.3) is 0 Å². The van der Waals surface area contributed by atoms with Crippen LogP contribution in [0.3, 0.4) is 0 Å². The zero-order valence-corrected chi connectivity index (χ0v) is 14.3. The van der Waals surface area contributed by atoms with Crippen molar-refractivity contribution < 1.29 is 14.3 Å². The van der Waals surface area contributed by atoms with Gasteiger partial charge < -0.3 is 20.7 Å². The van der Waals surface area contributed by atoms with Crippen molar-refractivity contribution in [2.75, 3.05) is 33.3 Å². The summed E-state index contributed by atoms with van der Waals surface area (Å²) >= 11 is 0. The summed E-state index contributed by atoms with van der Waals surface area (Å²) in [5, 5.41) is 3.18. The Hall–Kier alpha value is -2.08. The molecule has 2 amide bonds. The number of nitrogens with zero attached hydrogens (tertiary/aromatic N) is 1. The molecule has 0 saturated carbocycles. The predicted molar refractivity (Wildman–Crippen MR) is 92.9 cm³/mol. The molecule has 1 heterocycles. The van der Waals surface area contributed by atoms with Crippen molar-refractivity contribution in [3.8, 4) is 5.75 Å². The van der Waals surface area contributed by atoms with E-state index in [4.69, 9.17) is 10.5 Å². The van der Waals surface area contributed by atoms with Gasteiger partial charge in [-0.05, 0) is 57.0 Å². The van der Waals surface area contributed by atoms with E-state index in [9.17, 15) is 9.59 Å². The second-order valence-corrected chi connectivity index (χ2v) is 6.21. The van der Waals surface area contributed by atoms with Gasteiger partial charge in [0.05, 0.1) is 13.0 Å². The Morgan fingerprint density at radius 2 is 2.08 bits per heavy atom. The van der Waals surface area contributed by atoms with Crippen LogP contribution in [0.1, 0.15) is 36.0 Å². The number of likely N-dealkylation sites (tertiary alicyclic amines) is 1. The summed E-state index contributed by atoms with van der Waals surface area (Å²) in [5.41, 5.74) is 5.64. The van der Waals surface area contributed by atoms with Gasteiger partial charge in [-0.25, -0.2) is 0 Å². The summed E-state index contributed by atoms with van der Waals surface area (Å²) in [6, 6.07) is 6.70. The fourth-order valence-corrected chi connectivity index (χ4v) is 2.97. The van der Waals surface area contributed by atoms with Crippen molar-refractivity contribution in [1.82, 2.24) is 10.2 Å². The zero-order valence-electron chi connectivity index (χ0n) is 14.3. The second kappa shape index (κ2) is 9.27. The van der Waals surface area contributed by atoms with E-state index in [1.807, 2.05) is 11.9 Å². The Balaban J connectivity index is 1.70. The molecule has 0 aromatic heterocycles. The fraction of sp³-hybridized carbons (Fsp3) is 0.556. The van der Waals surface area contributed by atoms with E-state index in [2.05, 4.69) is 5.32 Å². The van der Waals surface area contributed by atoms with E-state index in [1.54, 1.807) is 24.3 Å². The van der Waals surface area contributed by atoms with Crippen LogP contribution in [-0.4, -0.2) is 50.0 Å². The third-order valence-corrected chi connectivity index (χ3v) is 4.47. The Labute approximate surface area is 143 Å². The molecule has 24 heavy (non-hydrogen) atoms. The van der Waals surface area contributed by atoms with E-state index in [0.717, 1.165) is 32.5 Å². The largest absolute Gasteiger partial charge is 0.493 e. The van der Waals surface area contributed by atoms with Crippen LogP contribution in [0, 0.1) is 5.92 Å². The summed E-state index contributed by atoms with van der Waals surface area (Å²) in [4.78, 5) is 25.3. The average molecular weight is 333 g/mol. The maximum absolute atomic E-state index is 12.2. The smallest absolute Gasteiger partial charge is 0.248 e. The number of ether oxygens (including phenoxy) is 1. The lowest BCUT2D eigenvalue weighted by Crippen LogP contribution is -2.39. The van der Waals surface area contributed by atoms with Crippen LogP contribution in [0.25, 0.3) is 0 Å². The van der Waals surface area contributed by atoms with Gasteiger partial charge in [-0.2, -0.15) is 0 Å². The fourth-order valence-electron chi connectivity index (χ4n) is 2.97. The topological polar surface area (TPSA) is 84.7 Å². The van der Waals surface area contributed by atoms with Crippen LogP contribution in [0.15, 0.2) is 24.3 Å². The first-order valence-corrected chi connectivity index (χ1v) is 8.55. The molecule has 0 atom stereocenters. The van der Waals surface area contributed by atoms with E-state index in [1.165, 1.54) is 6.42 Å². The molecular weight excluding hydrogens is 306 g/mol. The number of piperidine rings is 1. The van der Waals surface area contributed by atoms with Crippen molar-refractivity contribution in [3.63, 3.8) is 0 Å². The number of primary amides is 1. The van der Waals surface area contributed by atoms with Crippen LogP contribution in [0.5, 0.6) is 5.75 Å². The molecule has 1 fully saturated rings. The lowest BCUT2D eigenvalue weighted by molar-refractivity contribution is -0.133. The van der Waals surface area contributed by atoms with Crippen molar-refractivity contribution in [1.29, 1.82) is 0 Å². The standard InChI is InChI=1S/C18H27N3O3/c1-20-9-5-14-6-10-21(11-7-14)17(22)8-12-24-16-4-2-3-15(13-16)18(19)23/h2-4,13-14,20H,5-12H2,1H3,(H2,19,23). The minimum atomic E-state index is -0.488. The van der Waals surface area contributed by atoms with Crippen molar-refractivity contribution in [3.05, 3.63) is 29.8 Å². The summed E-state index contributed by atoms with van der Waals surface area (Å²) in [7, 11) is 1.97. The molecule has 0 aliphatic carbocycles. The Morgan fingerprint density at radius 1 is 1.33 bits per heavy atom. The van der Waals surface area contributed by atoms with Gasteiger partial charge in [0, 0.05) is 18.7 Å². The van der Waals surface area contributed by atoms with Crippen molar-refractivity contribution in [2.45, 2.75) is 25.7 Å². The van der Waals surface area contributed by atoms with E-state index in [-0.39, 0.29) is 5.91 Å². The molecule has 1 saturated heterocycles. The van der Waals surface area contributed by atoms with Crippen LogP contribution in [-0.2, 0) is 4.79 Å². The number of nitrogens with one attached hydrogen (secondary N) is 1. The van der Waals surface area contributed by atoms with Gasteiger partial charge in [0.1, 0.15) is 5.75 Å². The number of amides is 2. The highest BCUT2D eigenvalue weighted by molar-refractivity contribution is 5.93. The number of carbonyl (C=O) groups is 2. The monoisotopic (exact) mass is 333 g/mol. The molecule has 1 aromatic carbocycles. The molecule has 3 N–H and O–H groups in total. The first kappa shape index (κ1) is 18.3. The Morgan fingerprint density at radius 3 is 2.75 bits per heavy atom. The number of benzene rings is 1. The van der Waals surface area contributed by atoms with E-state index < -0.39 is 5.91 Å². The average Bonchev–Trinajstić information content (AvgIpc) is 2.60. The highest BCUT2D eigenvalue weighted by atomic mass is 16.5. The molecule has 1 aliphatic rings. The van der Waals surface area contributed by atoms with Crippen LogP contribution in [0.4, 0.5) is 0 Å². The highest BCUT2D eigenvalue weighted by Gasteiger charge is 2.22. The summed E-state index contributed by atoms with van der Waals surface area (Å²) < 4.78 is 5.57. The summed E-state index contributed by atoms with van der Waals surface area (Å²) in [6.45, 7) is 3.02. The lowest BCUT2D eigenvalue weighted by Gasteiger charge is -2.32. The van der Waals surface area contributed by atoms with Gasteiger partial charge in [0.2, 0.25) is 11.8 Å². The lowest BCUT2D eigenvalue weighted by atomic mass is 9.93. The molecule has 6 heteroatoms. The van der Waals surface area contributed by atoms with Gasteiger partial charge in [-0.3, -0.25) is 9.59 Å². The molecular formula is C18H27N3O3. The van der Waals surface area contributed by atoms with Crippen molar-refractivity contribution >= 4 is 11.8 Å². The molecule has 0 unspecified atom stereocenters. The van der Waals surface area contributed by atoms with E-state index >= 15 is 0 Å². The SMILES string of the molecule is CNCCC1CCN(C(=O)CCOc2cccc(C(N)=O)c2)CC1. The first-order chi connectivity index (χ1) is 11.6. The van der Waals surface area contributed by atoms with Gasteiger partial charge in [-0.15, -0.1) is 0 Å². The van der Waals surface area contributed by atoms with E-state index in [0.29, 0.717) is 30.3 Å². The number of rotatable bonds is 8. The highest BCUT2D eigenvalue weighted by Crippen LogP contribution is 2.20. The third kappa shape index (κ3) is 5.53. The summed E-state index contributed by atoms with van der Waals surface area (Å²) in [5.74, 6) is 0.921. The normalized spacial score (nSPS) is 15.3. The number of carbonyl (C=O) groups excluding carboxylic acids is 2. The number of hydrogen-bond acceptors (Lipinski definition) is 4. The minimum absolute atomic E-state index is 0.133. The molecule has 1 aromatic rings. The number of nitrogens with two attached hydrogens (primary N) is 1. The maximum Gasteiger partial charge on any atom is 0.248 e. The predicted octanol–water partition coefficient (Wildman–Crippen LogP) is 1.40. The molecule has 6 nitrogen and oxygen atoms in total. The quantitative estimate of drug-likeness (QED) is 0.753. The van der Waals surface area contributed by atoms with Crippen molar-refractivity contribution in [2.24, 2.45) is 11.7 Å². The minimum Gasteiger partial charge on any atom is -0.493 e. The second-order valence-electron chi connectivity index (χ2n) is 6.21. The van der Waals surface area contributed by atoms with Gasteiger partial charge in [-0.1, -0.05) is 6.07 Å². The van der Waals surface area contributed by atoms with Crippen LogP contribution in [0.2, 0.25) is 0 Å². The molecule has 1 aliphatic heterocycles. The molecule has 0 radical (unpaired) electrons.